The molecule has 2 bridgehead atoms. The minimum absolute atomic E-state index is 0.116. The zero-order valence-electron chi connectivity index (χ0n) is 15.9. The van der Waals surface area contributed by atoms with Crippen molar-refractivity contribution in [3.05, 3.63) is 34.9 Å². The molecule has 5 aliphatic rings. The first-order chi connectivity index (χ1) is 13.5. The van der Waals surface area contributed by atoms with Crippen molar-refractivity contribution in [2.24, 2.45) is 11.7 Å². The van der Waals surface area contributed by atoms with E-state index in [2.05, 4.69) is 16.3 Å². The van der Waals surface area contributed by atoms with Crippen LogP contribution in [0.5, 0.6) is 0 Å². The lowest BCUT2D eigenvalue weighted by atomic mass is 9.77. The summed E-state index contributed by atoms with van der Waals surface area (Å²) in [4.78, 5) is 40.5. The van der Waals surface area contributed by atoms with Gasteiger partial charge in [0.25, 0.3) is 5.91 Å². The van der Waals surface area contributed by atoms with E-state index in [1.807, 2.05) is 12.1 Å². The smallest absolute Gasteiger partial charge is 0.255 e. The molecule has 4 aliphatic heterocycles. The van der Waals surface area contributed by atoms with Crippen molar-refractivity contribution in [3.63, 3.8) is 0 Å². The second kappa shape index (κ2) is 6.67. The van der Waals surface area contributed by atoms with Crippen LogP contribution in [0.3, 0.4) is 0 Å². The van der Waals surface area contributed by atoms with E-state index in [0.717, 1.165) is 25.1 Å². The van der Waals surface area contributed by atoms with Crippen LogP contribution in [0.15, 0.2) is 18.2 Å². The van der Waals surface area contributed by atoms with Gasteiger partial charge in [-0.05, 0) is 48.8 Å². The van der Waals surface area contributed by atoms with Crippen LogP contribution in [0, 0.1) is 5.92 Å². The maximum absolute atomic E-state index is 12.8. The minimum atomic E-state index is -0.558. The Morgan fingerprint density at radius 3 is 2.75 bits per heavy atom. The van der Waals surface area contributed by atoms with Gasteiger partial charge in [0.15, 0.2) is 0 Å². The van der Waals surface area contributed by atoms with Crippen molar-refractivity contribution in [2.45, 2.75) is 63.3 Å². The van der Waals surface area contributed by atoms with Gasteiger partial charge in [-0.2, -0.15) is 0 Å². The molecule has 1 aromatic rings. The maximum atomic E-state index is 12.8. The number of carbonyl (C=O) groups is 3. The number of amides is 3. The summed E-state index contributed by atoms with van der Waals surface area (Å²) in [5, 5.41) is 2.35. The Balaban J connectivity index is 1.32. The first-order valence-electron chi connectivity index (χ1n) is 10.3. The largest absolute Gasteiger partial charge is 0.326 e. The molecule has 4 unspecified atom stereocenters. The van der Waals surface area contributed by atoms with Crippen LogP contribution in [0.2, 0.25) is 0 Å². The van der Waals surface area contributed by atoms with Crippen LogP contribution >= 0.6 is 0 Å². The monoisotopic (exact) mass is 382 g/mol. The fourth-order valence-corrected chi connectivity index (χ4v) is 5.51. The number of hydrogen-bond acceptors (Lipinski definition) is 5. The van der Waals surface area contributed by atoms with E-state index < -0.39 is 6.04 Å². The van der Waals surface area contributed by atoms with Crippen LogP contribution < -0.4 is 11.1 Å². The molecule has 4 fully saturated rings. The normalized spacial score (nSPS) is 32.6. The fraction of sp³-hybridized carbons (Fsp3) is 0.571. The van der Waals surface area contributed by atoms with Crippen LogP contribution in [0.4, 0.5) is 0 Å². The Labute approximate surface area is 164 Å². The maximum Gasteiger partial charge on any atom is 0.255 e. The van der Waals surface area contributed by atoms with Gasteiger partial charge in [0.05, 0.1) is 0 Å². The van der Waals surface area contributed by atoms with Gasteiger partial charge in [-0.15, -0.1) is 0 Å². The van der Waals surface area contributed by atoms with Gasteiger partial charge >= 0.3 is 0 Å². The van der Waals surface area contributed by atoms with Crippen LogP contribution in [0.1, 0.15) is 53.6 Å². The zero-order chi connectivity index (χ0) is 19.4. The highest BCUT2D eigenvalue weighted by Crippen LogP contribution is 2.36. The summed E-state index contributed by atoms with van der Waals surface area (Å²) in [7, 11) is 0. The average Bonchev–Trinajstić information content (AvgIpc) is 2.98. The number of rotatable bonds is 3. The Kier molecular flexibility index (Phi) is 4.25. The molecule has 3 N–H and O–H groups in total. The molecule has 7 nitrogen and oxygen atoms in total. The first-order valence-corrected chi connectivity index (χ1v) is 10.3. The standard InChI is InChI=1S/C21H26N4O3/c22-16-8-13-2-4-17(16)24(10-13)9-12-1-3-15-14(7-12)11-25(21(15)28)18-5-6-19(26)23-20(18)27/h1,3,7,13,16-18H,2,4-6,8-11,22H2,(H,23,26,27). The van der Waals surface area contributed by atoms with Gasteiger partial charge in [-0.3, -0.25) is 24.6 Å². The van der Waals surface area contributed by atoms with Gasteiger partial charge in [0, 0.05) is 43.7 Å². The van der Waals surface area contributed by atoms with Gasteiger partial charge in [0.1, 0.15) is 6.04 Å². The molecule has 1 saturated carbocycles. The van der Waals surface area contributed by atoms with Crippen molar-refractivity contribution in [2.75, 3.05) is 6.54 Å². The number of imide groups is 1. The predicted octanol–water partition coefficient (Wildman–Crippen LogP) is 0.759. The third kappa shape index (κ3) is 2.93. The number of carbonyl (C=O) groups excluding carboxylic acids is 3. The molecule has 3 amide bonds. The molecule has 1 aromatic carbocycles. The Bertz CT molecular complexity index is 854. The lowest BCUT2D eigenvalue weighted by molar-refractivity contribution is -0.136. The molecular weight excluding hydrogens is 356 g/mol. The van der Waals surface area contributed by atoms with Crippen LogP contribution in [-0.4, -0.2) is 52.2 Å². The molecule has 3 saturated heterocycles. The molecule has 4 heterocycles. The molecule has 6 rings (SSSR count). The summed E-state index contributed by atoms with van der Waals surface area (Å²) in [6.45, 7) is 2.39. The highest BCUT2D eigenvalue weighted by molar-refractivity contribution is 6.05. The number of nitrogens with zero attached hydrogens (tertiary/aromatic N) is 2. The number of hydrogen-bond donors (Lipinski definition) is 2. The first kappa shape index (κ1) is 17.8. The Morgan fingerprint density at radius 1 is 1.14 bits per heavy atom. The quantitative estimate of drug-likeness (QED) is 0.753. The van der Waals surface area contributed by atoms with Crippen molar-refractivity contribution in [1.29, 1.82) is 0 Å². The van der Waals surface area contributed by atoms with Gasteiger partial charge < -0.3 is 10.6 Å². The van der Waals surface area contributed by atoms with E-state index >= 15 is 0 Å². The number of fused-ring (bicyclic) bond motifs is 4. The molecule has 148 valence electrons. The number of piperidine rings is 3. The SMILES string of the molecule is NC1CC2CCC1N(Cc1ccc3c(c1)CN(C1CCC(=O)NC1=O)C3=O)C2. The molecular formula is C21H26N4O3. The Hall–Kier alpha value is -2.25. The van der Waals surface area contributed by atoms with Crippen molar-refractivity contribution in [3.8, 4) is 0 Å². The summed E-state index contributed by atoms with van der Waals surface area (Å²) in [6, 6.07) is 6.19. The van der Waals surface area contributed by atoms with Gasteiger partial charge in [-0.25, -0.2) is 0 Å². The minimum Gasteiger partial charge on any atom is -0.326 e. The second-order valence-electron chi connectivity index (χ2n) is 8.73. The molecule has 0 radical (unpaired) electrons. The van der Waals surface area contributed by atoms with E-state index in [9.17, 15) is 14.4 Å². The van der Waals surface area contributed by atoms with Crippen LogP contribution in [-0.2, 0) is 22.7 Å². The molecule has 4 atom stereocenters. The number of benzene rings is 1. The summed E-state index contributed by atoms with van der Waals surface area (Å²) in [6.07, 6.45) is 4.28. The lowest BCUT2D eigenvalue weighted by Gasteiger charge is -2.49. The summed E-state index contributed by atoms with van der Waals surface area (Å²) in [5.74, 6) is -0.0354. The lowest BCUT2D eigenvalue weighted by Crippen LogP contribution is -2.58. The molecule has 7 heteroatoms. The average molecular weight is 382 g/mol. The van der Waals surface area contributed by atoms with E-state index in [-0.39, 0.29) is 30.2 Å². The summed E-state index contributed by atoms with van der Waals surface area (Å²) >= 11 is 0. The topological polar surface area (TPSA) is 95.7 Å². The van der Waals surface area contributed by atoms with Gasteiger partial charge in [-0.1, -0.05) is 12.1 Å². The zero-order valence-corrected chi connectivity index (χ0v) is 15.9. The fourth-order valence-electron chi connectivity index (χ4n) is 5.51. The predicted molar refractivity (Wildman–Crippen MR) is 102 cm³/mol. The summed E-state index contributed by atoms with van der Waals surface area (Å²) < 4.78 is 0. The highest BCUT2D eigenvalue weighted by atomic mass is 16.2. The van der Waals surface area contributed by atoms with E-state index in [0.29, 0.717) is 30.5 Å². The van der Waals surface area contributed by atoms with Crippen molar-refractivity contribution in [1.82, 2.24) is 15.1 Å². The number of nitrogens with one attached hydrogen (secondary N) is 1. The Morgan fingerprint density at radius 2 is 2.00 bits per heavy atom. The third-order valence-corrected chi connectivity index (χ3v) is 6.91. The summed E-state index contributed by atoms with van der Waals surface area (Å²) in [5.41, 5.74) is 9.17. The van der Waals surface area contributed by atoms with Crippen molar-refractivity contribution < 1.29 is 14.4 Å². The molecule has 0 spiro atoms. The third-order valence-electron chi connectivity index (χ3n) is 6.91. The van der Waals surface area contributed by atoms with E-state index in [1.54, 1.807) is 4.90 Å². The second-order valence-corrected chi connectivity index (χ2v) is 8.73. The molecule has 1 aliphatic carbocycles. The van der Waals surface area contributed by atoms with E-state index in [1.165, 1.54) is 18.4 Å². The highest BCUT2D eigenvalue weighted by Gasteiger charge is 2.40. The van der Waals surface area contributed by atoms with E-state index in [4.69, 9.17) is 5.73 Å². The van der Waals surface area contributed by atoms with Gasteiger partial charge in [0.2, 0.25) is 11.8 Å². The van der Waals surface area contributed by atoms with Crippen molar-refractivity contribution >= 4 is 17.7 Å². The number of nitrogens with two attached hydrogens (primary N) is 1. The molecule has 28 heavy (non-hydrogen) atoms. The molecule has 0 aromatic heterocycles. The van der Waals surface area contributed by atoms with Crippen LogP contribution in [0.25, 0.3) is 0 Å².